The molecule has 1 aromatic heterocycles. The topological polar surface area (TPSA) is 94.6 Å². The second kappa shape index (κ2) is 8.41. The normalized spacial score (nSPS) is 10.9. The zero-order chi connectivity index (χ0) is 19.2. The highest BCUT2D eigenvalue weighted by Crippen LogP contribution is 2.27. The first kappa shape index (κ1) is 18.5. The van der Waals surface area contributed by atoms with Gasteiger partial charge in [0.25, 0.3) is 0 Å². The van der Waals surface area contributed by atoms with Crippen LogP contribution in [0.25, 0.3) is 10.9 Å². The molecule has 0 radical (unpaired) electrons. The number of nitrogens with zero attached hydrogens (tertiary/aromatic N) is 3. The number of anilines is 2. The molecule has 0 spiro atoms. The molecular formula is C18H19ClN6O2. The number of nitrogens with one attached hydrogen (secondary N) is 3. The van der Waals surface area contributed by atoms with Crippen LogP contribution in [0.4, 0.5) is 11.4 Å². The first-order chi connectivity index (χ1) is 13.0. The van der Waals surface area contributed by atoms with E-state index in [9.17, 15) is 4.79 Å². The summed E-state index contributed by atoms with van der Waals surface area (Å²) in [5, 5.41) is 14.9. The van der Waals surface area contributed by atoms with Gasteiger partial charge in [0.2, 0.25) is 5.91 Å². The number of rotatable bonds is 7. The Morgan fingerprint density at radius 3 is 2.96 bits per heavy atom. The summed E-state index contributed by atoms with van der Waals surface area (Å²) in [6.45, 7) is 0. The van der Waals surface area contributed by atoms with Crippen LogP contribution in [-0.2, 0) is 16.2 Å². The van der Waals surface area contributed by atoms with Crippen LogP contribution >= 0.6 is 11.6 Å². The van der Waals surface area contributed by atoms with Crippen LogP contribution in [0.1, 0.15) is 5.56 Å². The van der Waals surface area contributed by atoms with Crippen LogP contribution in [-0.4, -0.2) is 41.4 Å². The molecule has 0 bridgehead atoms. The van der Waals surface area contributed by atoms with Gasteiger partial charge in [-0.25, -0.2) is 0 Å². The van der Waals surface area contributed by atoms with E-state index in [1.54, 1.807) is 29.3 Å². The summed E-state index contributed by atoms with van der Waals surface area (Å²) >= 11 is 6.12. The Labute approximate surface area is 161 Å². The number of aromatic amines is 1. The highest BCUT2D eigenvalue weighted by molar-refractivity contribution is 6.31. The van der Waals surface area contributed by atoms with E-state index in [0.29, 0.717) is 21.9 Å². The lowest BCUT2D eigenvalue weighted by molar-refractivity contribution is -0.115. The molecule has 1 heterocycles. The van der Waals surface area contributed by atoms with Crippen LogP contribution in [0.3, 0.4) is 0 Å². The summed E-state index contributed by atoms with van der Waals surface area (Å²) in [4.78, 5) is 19.2. The molecule has 2 aromatic carbocycles. The van der Waals surface area contributed by atoms with Gasteiger partial charge in [-0.2, -0.15) is 10.6 Å². The molecule has 0 saturated carbocycles. The largest absolute Gasteiger partial charge is 0.366 e. The maximum atomic E-state index is 12.4. The third kappa shape index (κ3) is 4.89. The number of carbonyl (C=O) groups is 1. The maximum absolute atomic E-state index is 12.4. The van der Waals surface area contributed by atoms with Gasteiger partial charge in [-0.15, -0.1) is 0 Å². The third-order valence-electron chi connectivity index (χ3n) is 3.63. The minimum atomic E-state index is -0.185. The second-order valence-electron chi connectivity index (χ2n) is 6.04. The molecule has 0 fully saturated rings. The molecule has 0 saturated heterocycles. The van der Waals surface area contributed by atoms with E-state index >= 15 is 0 Å². The van der Waals surface area contributed by atoms with Crippen molar-refractivity contribution in [3.8, 4) is 0 Å². The molecule has 0 aliphatic carbocycles. The molecule has 0 aliphatic heterocycles. The van der Waals surface area contributed by atoms with Gasteiger partial charge in [0.05, 0.1) is 17.6 Å². The molecule has 0 aliphatic rings. The van der Waals surface area contributed by atoms with Crippen molar-refractivity contribution in [2.24, 2.45) is 5.16 Å². The van der Waals surface area contributed by atoms with Gasteiger partial charge < -0.3 is 10.2 Å². The Hall–Kier alpha value is -3.26. The van der Waals surface area contributed by atoms with E-state index in [2.05, 4.69) is 26.1 Å². The van der Waals surface area contributed by atoms with E-state index in [-0.39, 0.29) is 12.3 Å². The van der Waals surface area contributed by atoms with E-state index < -0.39 is 0 Å². The number of halogens is 1. The fraction of sp³-hybridized carbons (Fsp3) is 0.167. The minimum Gasteiger partial charge on any atom is -0.366 e. The Morgan fingerprint density at radius 1 is 1.37 bits per heavy atom. The minimum absolute atomic E-state index is 0.171. The van der Waals surface area contributed by atoms with E-state index in [0.717, 1.165) is 10.9 Å². The van der Waals surface area contributed by atoms with E-state index in [4.69, 9.17) is 16.5 Å². The number of fused-ring (bicyclic) bond motifs is 1. The van der Waals surface area contributed by atoms with Gasteiger partial charge in [-0.3, -0.25) is 14.8 Å². The van der Waals surface area contributed by atoms with Crippen LogP contribution in [0.2, 0.25) is 5.02 Å². The molecule has 1 amide bonds. The quantitative estimate of drug-likeness (QED) is 0.329. The summed E-state index contributed by atoms with van der Waals surface area (Å²) in [6, 6.07) is 10.8. The second-order valence-corrected chi connectivity index (χ2v) is 6.44. The van der Waals surface area contributed by atoms with Crippen LogP contribution in [0, 0.1) is 0 Å². The summed E-state index contributed by atoms with van der Waals surface area (Å²) in [5.41, 5.74) is 5.37. The number of H-pyrrole nitrogens is 1. The molecule has 0 unspecified atom stereocenters. The highest BCUT2D eigenvalue weighted by atomic mass is 35.5. The third-order valence-corrected chi connectivity index (χ3v) is 4.00. The number of amides is 1. The van der Waals surface area contributed by atoms with Gasteiger partial charge in [0.15, 0.2) is 0 Å². The molecule has 27 heavy (non-hydrogen) atoms. The highest BCUT2D eigenvalue weighted by Gasteiger charge is 2.11. The summed E-state index contributed by atoms with van der Waals surface area (Å²) in [7, 11) is 3.66. The summed E-state index contributed by atoms with van der Waals surface area (Å²) in [5.74, 6) is -0.185. The molecular weight excluding hydrogens is 368 g/mol. The van der Waals surface area contributed by atoms with Crippen LogP contribution in [0.15, 0.2) is 47.8 Å². The van der Waals surface area contributed by atoms with Crippen molar-refractivity contribution < 1.29 is 9.73 Å². The van der Waals surface area contributed by atoms with Crippen LogP contribution in [0.5, 0.6) is 0 Å². The van der Waals surface area contributed by atoms with Crippen molar-refractivity contribution in [2.45, 2.75) is 6.42 Å². The standard InChI is InChI=1S/C18H19ClN6O2/c1-25(2)11-21-27-24-17-9-13(8-16-14(17)10-20-23-16)22-18(26)7-12-5-3-4-6-15(12)19/h3-6,8-11,24H,7H2,1-2H3,(H,20,23)(H,22,26)/b21-11+. The lowest BCUT2D eigenvalue weighted by Crippen LogP contribution is -2.15. The SMILES string of the molecule is CN(C)/C=N/ONc1cc(NC(=O)Cc2ccccc2Cl)cc2n[nH]cc12. The first-order valence-corrected chi connectivity index (χ1v) is 8.53. The molecule has 140 valence electrons. The predicted octanol–water partition coefficient (Wildman–Crippen LogP) is 3.25. The Morgan fingerprint density at radius 2 is 2.19 bits per heavy atom. The summed E-state index contributed by atoms with van der Waals surface area (Å²) < 4.78 is 0. The average molecular weight is 387 g/mol. The molecule has 3 rings (SSSR count). The fourth-order valence-corrected chi connectivity index (χ4v) is 2.62. The maximum Gasteiger partial charge on any atom is 0.228 e. The van der Waals surface area contributed by atoms with E-state index in [1.807, 2.05) is 32.3 Å². The van der Waals surface area contributed by atoms with Crippen molar-refractivity contribution in [3.05, 3.63) is 53.2 Å². The Balaban J connectivity index is 1.74. The van der Waals surface area contributed by atoms with Crippen molar-refractivity contribution in [1.82, 2.24) is 15.1 Å². The summed E-state index contributed by atoms with van der Waals surface area (Å²) in [6.07, 6.45) is 3.41. The molecule has 3 N–H and O–H groups in total. The molecule has 9 heteroatoms. The first-order valence-electron chi connectivity index (χ1n) is 8.15. The number of carbonyl (C=O) groups excluding carboxylic acids is 1. The predicted molar refractivity (Wildman–Crippen MR) is 107 cm³/mol. The van der Waals surface area contributed by atoms with Crippen molar-refractivity contribution >= 4 is 46.1 Å². The van der Waals surface area contributed by atoms with Crippen molar-refractivity contribution in [1.29, 1.82) is 0 Å². The fourth-order valence-electron chi connectivity index (χ4n) is 2.42. The Bertz CT molecular complexity index is 969. The number of aromatic nitrogens is 2. The lowest BCUT2D eigenvalue weighted by atomic mass is 10.1. The monoisotopic (exact) mass is 386 g/mol. The van der Waals surface area contributed by atoms with Crippen molar-refractivity contribution in [2.75, 3.05) is 24.9 Å². The van der Waals surface area contributed by atoms with Gasteiger partial charge in [-0.1, -0.05) is 29.8 Å². The number of benzene rings is 2. The van der Waals surface area contributed by atoms with Crippen LogP contribution < -0.4 is 10.8 Å². The number of hydrogen-bond donors (Lipinski definition) is 3. The number of hydrogen-bond acceptors (Lipinski definition) is 5. The molecule has 3 aromatic rings. The molecule has 0 atom stereocenters. The van der Waals surface area contributed by atoms with Gasteiger partial charge >= 0.3 is 0 Å². The van der Waals surface area contributed by atoms with Gasteiger partial charge in [-0.05, 0) is 28.9 Å². The lowest BCUT2D eigenvalue weighted by Gasteiger charge is -2.10. The molecule has 8 nitrogen and oxygen atoms in total. The zero-order valence-electron chi connectivity index (χ0n) is 14.9. The Kier molecular flexibility index (Phi) is 5.77. The average Bonchev–Trinajstić information content (AvgIpc) is 3.09. The van der Waals surface area contributed by atoms with Gasteiger partial charge in [0, 0.05) is 36.4 Å². The van der Waals surface area contributed by atoms with Crippen molar-refractivity contribution in [3.63, 3.8) is 0 Å². The smallest absolute Gasteiger partial charge is 0.228 e. The van der Waals surface area contributed by atoms with E-state index in [1.165, 1.54) is 6.34 Å². The zero-order valence-corrected chi connectivity index (χ0v) is 15.6. The number of oxime groups is 1. The van der Waals surface area contributed by atoms with Gasteiger partial charge in [0.1, 0.15) is 6.34 Å².